The van der Waals surface area contributed by atoms with Crippen LogP contribution in [0.4, 0.5) is 5.69 Å². The average molecular weight is 408 g/mol. The second kappa shape index (κ2) is 8.88. The van der Waals surface area contributed by atoms with Crippen molar-refractivity contribution in [1.29, 1.82) is 0 Å². The van der Waals surface area contributed by atoms with Gasteiger partial charge in [-0.3, -0.25) is 9.59 Å². The number of aryl methyl sites for hydroxylation is 1. The van der Waals surface area contributed by atoms with Gasteiger partial charge in [0.1, 0.15) is 0 Å². The summed E-state index contributed by atoms with van der Waals surface area (Å²) >= 11 is 0. The first kappa shape index (κ1) is 20.4. The molecule has 2 aromatic carbocycles. The van der Waals surface area contributed by atoms with Gasteiger partial charge in [0, 0.05) is 24.2 Å². The highest BCUT2D eigenvalue weighted by atomic mass is 16.5. The second-order valence-corrected chi connectivity index (χ2v) is 8.19. The predicted molar refractivity (Wildman–Crippen MR) is 116 cm³/mol. The minimum atomic E-state index is -0.323. The van der Waals surface area contributed by atoms with Crippen LogP contribution in [0.2, 0.25) is 0 Å². The van der Waals surface area contributed by atoms with Crippen molar-refractivity contribution in [2.24, 2.45) is 5.92 Å². The SMILES string of the molecule is COC(=O)CCNC(=O)Cc1ccc2c(c1)[C@@H]1NCC[C@@H]1[C@@H](c1cccc(C)c1)N2. The lowest BCUT2D eigenvalue weighted by molar-refractivity contribution is -0.140. The highest BCUT2D eigenvalue weighted by molar-refractivity contribution is 5.79. The molecule has 2 aromatic rings. The fourth-order valence-electron chi connectivity index (χ4n) is 4.66. The molecular weight excluding hydrogens is 378 g/mol. The molecule has 6 heteroatoms. The Hall–Kier alpha value is -2.86. The molecule has 1 amide bonds. The highest BCUT2D eigenvalue weighted by Gasteiger charge is 2.40. The van der Waals surface area contributed by atoms with Crippen LogP contribution in [-0.2, 0) is 20.7 Å². The molecule has 0 aliphatic carbocycles. The van der Waals surface area contributed by atoms with Crippen LogP contribution in [0.25, 0.3) is 0 Å². The van der Waals surface area contributed by atoms with Gasteiger partial charge in [-0.15, -0.1) is 0 Å². The van der Waals surface area contributed by atoms with E-state index in [0.717, 1.165) is 24.2 Å². The molecule has 2 heterocycles. The Morgan fingerprint density at radius 3 is 2.83 bits per heavy atom. The standard InChI is InChI=1S/C24H29N3O3/c1-15-4-3-5-17(12-15)23-18-8-10-26-24(18)19-13-16(6-7-20(19)27-23)14-21(28)25-11-9-22(29)30-2/h3-7,12-13,18,23-24,26-27H,8-11,14H2,1-2H3,(H,25,28)/t18-,23-,24-/m1/s1. The quantitative estimate of drug-likeness (QED) is 0.642. The van der Waals surface area contributed by atoms with E-state index in [1.165, 1.54) is 23.8 Å². The molecule has 0 unspecified atom stereocenters. The van der Waals surface area contributed by atoms with E-state index in [0.29, 0.717) is 18.9 Å². The van der Waals surface area contributed by atoms with Crippen LogP contribution < -0.4 is 16.0 Å². The molecule has 3 N–H and O–H groups in total. The largest absolute Gasteiger partial charge is 0.469 e. The van der Waals surface area contributed by atoms with Crippen LogP contribution in [0.1, 0.15) is 47.2 Å². The molecular formula is C24H29N3O3. The number of benzene rings is 2. The lowest BCUT2D eigenvalue weighted by atomic mass is 9.79. The van der Waals surface area contributed by atoms with Crippen molar-refractivity contribution in [1.82, 2.24) is 10.6 Å². The lowest BCUT2D eigenvalue weighted by Crippen LogP contribution is -2.32. The monoisotopic (exact) mass is 407 g/mol. The fourth-order valence-corrected chi connectivity index (χ4v) is 4.66. The van der Waals surface area contributed by atoms with Crippen LogP contribution in [0, 0.1) is 12.8 Å². The third-order valence-electron chi connectivity index (χ3n) is 6.11. The molecule has 2 aliphatic rings. The van der Waals surface area contributed by atoms with Gasteiger partial charge in [0.15, 0.2) is 0 Å². The summed E-state index contributed by atoms with van der Waals surface area (Å²) in [5, 5.41) is 10.2. The maximum absolute atomic E-state index is 12.3. The van der Waals surface area contributed by atoms with Gasteiger partial charge in [0.05, 0.1) is 26.0 Å². The Bertz CT molecular complexity index is 943. The molecule has 0 saturated carbocycles. The Labute approximate surface area is 177 Å². The van der Waals surface area contributed by atoms with Gasteiger partial charge in [-0.2, -0.15) is 0 Å². The number of fused-ring (bicyclic) bond motifs is 3. The summed E-state index contributed by atoms with van der Waals surface area (Å²) in [7, 11) is 1.35. The number of hydrogen-bond donors (Lipinski definition) is 3. The van der Waals surface area contributed by atoms with Gasteiger partial charge in [-0.1, -0.05) is 42.0 Å². The smallest absolute Gasteiger partial charge is 0.307 e. The van der Waals surface area contributed by atoms with Crippen LogP contribution in [-0.4, -0.2) is 32.1 Å². The first-order chi connectivity index (χ1) is 14.5. The summed E-state index contributed by atoms with van der Waals surface area (Å²) in [6.07, 6.45) is 1.60. The molecule has 0 spiro atoms. The summed E-state index contributed by atoms with van der Waals surface area (Å²) in [6.45, 7) is 3.42. The van der Waals surface area contributed by atoms with Crippen LogP contribution in [0.5, 0.6) is 0 Å². The van der Waals surface area contributed by atoms with Crippen molar-refractivity contribution in [3.63, 3.8) is 0 Å². The zero-order valence-electron chi connectivity index (χ0n) is 17.5. The Kier molecular flexibility index (Phi) is 6.04. The number of nitrogens with one attached hydrogen (secondary N) is 3. The zero-order chi connectivity index (χ0) is 21.1. The molecule has 3 atom stereocenters. The first-order valence-corrected chi connectivity index (χ1v) is 10.6. The number of hydrogen-bond acceptors (Lipinski definition) is 5. The minimum Gasteiger partial charge on any atom is -0.469 e. The summed E-state index contributed by atoms with van der Waals surface area (Å²) in [6, 6.07) is 15.5. The minimum absolute atomic E-state index is 0.0869. The number of amides is 1. The number of ether oxygens (including phenoxy) is 1. The van der Waals surface area contributed by atoms with Crippen molar-refractivity contribution in [3.8, 4) is 0 Å². The number of carbonyl (C=O) groups is 2. The topological polar surface area (TPSA) is 79.5 Å². The first-order valence-electron chi connectivity index (χ1n) is 10.6. The Morgan fingerprint density at radius 1 is 1.17 bits per heavy atom. The third-order valence-corrected chi connectivity index (χ3v) is 6.11. The van der Waals surface area contributed by atoms with Gasteiger partial charge >= 0.3 is 5.97 Å². The van der Waals surface area contributed by atoms with Gasteiger partial charge in [0.25, 0.3) is 0 Å². The molecule has 0 aromatic heterocycles. The van der Waals surface area contributed by atoms with Crippen molar-refractivity contribution in [2.45, 2.75) is 38.3 Å². The van der Waals surface area contributed by atoms with E-state index in [-0.39, 0.29) is 30.4 Å². The normalized spacial score (nSPS) is 21.9. The molecule has 6 nitrogen and oxygen atoms in total. The van der Waals surface area contributed by atoms with E-state index in [2.05, 4.69) is 64.0 Å². The van der Waals surface area contributed by atoms with E-state index < -0.39 is 0 Å². The van der Waals surface area contributed by atoms with E-state index >= 15 is 0 Å². The maximum Gasteiger partial charge on any atom is 0.307 e. The molecule has 2 aliphatic heterocycles. The van der Waals surface area contributed by atoms with Crippen molar-refractivity contribution >= 4 is 17.6 Å². The van der Waals surface area contributed by atoms with Crippen LogP contribution in [0.15, 0.2) is 42.5 Å². The lowest BCUT2D eigenvalue weighted by Gasteiger charge is -2.37. The third kappa shape index (κ3) is 4.33. The molecule has 1 fully saturated rings. The predicted octanol–water partition coefficient (Wildman–Crippen LogP) is 3.03. The highest BCUT2D eigenvalue weighted by Crippen LogP contribution is 2.47. The number of anilines is 1. The second-order valence-electron chi connectivity index (χ2n) is 8.19. The molecule has 4 rings (SSSR count). The van der Waals surface area contributed by atoms with E-state index in [4.69, 9.17) is 0 Å². The molecule has 30 heavy (non-hydrogen) atoms. The molecule has 158 valence electrons. The van der Waals surface area contributed by atoms with E-state index in [1.54, 1.807) is 0 Å². The van der Waals surface area contributed by atoms with Gasteiger partial charge < -0.3 is 20.7 Å². The number of rotatable bonds is 6. The average Bonchev–Trinajstić information content (AvgIpc) is 3.23. The van der Waals surface area contributed by atoms with E-state index in [9.17, 15) is 9.59 Å². The number of esters is 1. The molecule has 0 bridgehead atoms. The zero-order valence-corrected chi connectivity index (χ0v) is 17.5. The fraction of sp³-hybridized carbons (Fsp3) is 0.417. The summed E-state index contributed by atoms with van der Waals surface area (Å²) < 4.78 is 4.60. The maximum atomic E-state index is 12.3. The summed E-state index contributed by atoms with van der Waals surface area (Å²) in [4.78, 5) is 23.4. The summed E-state index contributed by atoms with van der Waals surface area (Å²) in [5.41, 5.74) is 5.95. The van der Waals surface area contributed by atoms with Gasteiger partial charge in [-0.05, 0) is 42.6 Å². The van der Waals surface area contributed by atoms with Crippen molar-refractivity contribution < 1.29 is 14.3 Å². The van der Waals surface area contributed by atoms with E-state index in [1.807, 2.05) is 6.07 Å². The van der Waals surface area contributed by atoms with Crippen LogP contribution in [0.3, 0.4) is 0 Å². The van der Waals surface area contributed by atoms with Crippen molar-refractivity contribution in [3.05, 3.63) is 64.7 Å². The van der Waals surface area contributed by atoms with Crippen molar-refractivity contribution in [2.75, 3.05) is 25.5 Å². The Balaban J connectivity index is 1.49. The number of methoxy groups -OCH3 is 1. The molecule has 1 saturated heterocycles. The van der Waals surface area contributed by atoms with Crippen LogP contribution >= 0.6 is 0 Å². The Morgan fingerprint density at radius 2 is 2.03 bits per heavy atom. The van der Waals surface area contributed by atoms with Gasteiger partial charge in [-0.25, -0.2) is 0 Å². The summed E-state index contributed by atoms with van der Waals surface area (Å²) in [5.74, 6) is 0.0660. The molecule has 0 radical (unpaired) electrons. The van der Waals surface area contributed by atoms with Gasteiger partial charge in [0.2, 0.25) is 5.91 Å². The number of carbonyl (C=O) groups excluding carboxylic acids is 2.